The molecule has 0 aliphatic carbocycles. The highest BCUT2D eigenvalue weighted by Crippen LogP contribution is 2.24. The van der Waals surface area contributed by atoms with Crippen molar-refractivity contribution < 1.29 is 9.53 Å². The molecule has 0 aromatic heterocycles. The Kier molecular flexibility index (Phi) is 3.44. The van der Waals surface area contributed by atoms with Gasteiger partial charge in [-0.2, -0.15) is 0 Å². The number of thiocarbonyl (C=S) groups is 1. The molecule has 0 spiro atoms. The van der Waals surface area contributed by atoms with Gasteiger partial charge < -0.3 is 10.1 Å². The molecule has 0 radical (unpaired) electrons. The number of benzene rings is 1. The zero-order valence-electron chi connectivity index (χ0n) is 8.91. The first-order chi connectivity index (χ1) is 8.10. The van der Waals surface area contributed by atoms with Gasteiger partial charge in [0.15, 0.2) is 5.11 Å². The first-order valence-electron chi connectivity index (χ1n) is 4.77. The zero-order chi connectivity index (χ0) is 12.4. The van der Waals surface area contributed by atoms with Crippen molar-refractivity contribution in [2.75, 3.05) is 7.11 Å². The van der Waals surface area contributed by atoms with Crippen LogP contribution in [0.15, 0.2) is 28.4 Å². The summed E-state index contributed by atoms with van der Waals surface area (Å²) in [5, 5.41) is 5.61. The lowest BCUT2D eigenvalue weighted by Crippen LogP contribution is -2.21. The maximum Gasteiger partial charge on any atom is 0.273 e. The number of amides is 1. The summed E-state index contributed by atoms with van der Waals surface area (Å²) in [5.41, 5.74) is 1.26. The molecule has 0 unspecified atom stereocenters. The lowest BCUT2D eigenvalue weighted by atomic mass is 10.2. The predicted molar refractivity (Wildman–Crippen MR) is 72.5 cm³/mol. The molecular weight excluding hydrogens is 304 g/mol. The summed E-state index contributed by atoms with van der Waals surface area (Å²) in [6, 6.07) is 5.52. The first kappa shape index (κ1) is 12.1. The van der Waals surface area contributed by atoms with Crippen LogP contribution in [0, 0.1) is 0 Å². The minimum Gasteiger partial charge on any atom is -0.497 e. The summed E-state index contributed by atoms with van der Waals surface area (Å²) in [6.45, 7) is 0. The van der Waals surface area contributed by atoms with Crippen LogP contribution in [0.5, 0.6) is 5.75 Å². The number of hydrogen-bond donors (Lipinski definition) is 2. The highest BCUT2D eigenvalue weighted by molar-refractivity contribution is 9.10. The van der Waals surface area contributed by atoms with Crippen LogP contribution in [0.1, 0.15) is 5.56 Å². The van der Waals surface area contributed by atoms with Gasteiger partial charge in [0.1, 0.15) is 11.4 Å². The third kappa shape index (κ3) is 2.65. The fourth-order valence-corrected chi connectivity index (χ4v) is 1.96. The molecule has 6 heteroatoms. The summed E-state index contributed by atoms with van der Waals surface area (Å²) in [6.07, 6.45) is 1.71. The van der Waals surface area contributed by atoms with Crippen LogP contribution in [-0.2, 0) is 4.79 Å². The van der Waals surface area contributed by atoms with Crippen molar-refractivity contribution in [3.63, 3.8) is 0 Å². The molecule has 0 atom stereocenters. The molecule has 1 fully saturated rings. The number of halogens is 1. The number of carbonyl (C=O) groups excluding carboxylic acids is 1. The van der Waals surface area contributed by atoms with E-state index in [1.807, 2.05) is 18.2 Å². The molecule has 1 aromatic carbocycles. The zero-order valence-corrected chi connectivity index (χ0v) is 11.3. The quantitative estimate of drug-likeness (QED) is 0.646. The van der Waals surface area contributed by atoms with Gasteiger partial charge in [-0.1, -0.05) is 15.9 Å². The van der Waals surface area contributed by atoms with Gasteiger partial charge in [0.05, 0.1) is 7.11 Å². The molecule has 0 bridgehead atoms. The maximum absolute atomic E-state index is 11.5. The molecule has 1 saturated heterocycles. The van der Waals surface area contributed by atoms with E-state index < -0.39 is 0 Å². The number of rotatable bonds is 2. The van der Waals surface area contributed by atoms with Crippen molar-refractivity contribution >= 4 is 45.2 Å². The monoisotopic (exact) mass is 312 g/mol. The maximum atomic E-state index is 11.5. The van der Waals surface area contributed by atoms with Crippen LogP contribution in [0.3, 0.4) is 0 Å². The predicted octanol–water partition coefficient (Wildman–Crippen LogP) is 1.80. The van der Waals surface area contributed by atoms with Crippen LogP contribution < -0.4 is 15.4 Å². The second kappa shape index (κ2) is 4.85. The summed E-state index contributed by atoms with van der Waals surface area (Å²) >= 11 is 8.26. The summed E-state index contributed by atoms with van der Waals surface area (Å²) in [5.74, 6) is 0.491. The van der Waals surface area contributed by atoms with Crippen LogP contribution in [0.25, 0.3) is 6.08 Å². The highest BCUT2D eigenvalue weighted by atomic mass is 79.9. The van der Waals surface area contributed by atoms with Crippen molar-refractivity contribution in [3.8, 4) is 5.75 Å². The minimum absolute atomic E-state index is 0.232. The van der Waals surface area contributed by atoms with Crippen molar-refractivity contribution in [3.05, 3.63) is 33.9 Å². The highest BCUT2D eigenvalue weighted by Gasteiger charge is 2.20. The Morgan fingerprint density at radius 1 is 1.41 bits per heavy atom. The molecule has 1 aliphatic heterocycles. The summed E-state index contributed by atoms with van der Waals surface area (Å²) < 4.78 is 6.00. The van der Waals surface area contributed by atoms with Crippen LogP contribution in [0.4, 0.5) is 0 Å². The fraction of sp³-hybridized carbons (Fsp3) is 0.0909. The lowest BCUT2D eigenvalue weighted by Gasteiger charge is -2.04. The molecule has 88 valence electrons. The normalized spacial score (nSPS) is 16.9. The Hall–Kier alpha value is -1.40. The minimum atomic E-state index is -0.232. The van der Waals surface area contributed by atoms with Gasteiger partial charge in [-0.3, -0.25) is 10.1 Å². The van der Waals surface area contributed by atoms with E-state index in [9.17, 15) is 4.79 Å². The Morgan fingerprint density at radius 3 is 2.76 bits per heavy atom. The van der Waals surface area contributed by atoms with Gasteiger partial charge in [0, 0.05) is 4.47 Å². The summed E-state index contributed by atoms with van der Waals surface area (Å²) in [4.78, 5) is 11.5. The van der Waals surface area contributed by atoms with E-state index in [-0.39, 0.29) is 5.91 Å². The topological polar surface area (TPSA) is 50.4 Å². The average molecular weight is 313 g/mol. The van der Waals surface area contributed by atoms with Crippen molar-refractivity contribution in [2.24, 2.45) is 0 Å². The molecular formula is C11H9BrN2O2S. The molecule has 1 amide bonds. The van der Waals surface area contributed by atoms with Gasteiger partial charge in [0.25, 0.3) is 5.91 Å². The molecule has 17 heavy (non-hydrogen) atoms. The van der Waals surface area contributed by atoms with Gasteiger partial charge in [-0.05, 0) is 42.1 Å². The smallest absolute Gasteiger partial charge is 0.273 e. The molecule has 1 heterocycles. The van der Waals surface area contributed by atoms with E-state index in [2.05, 4.69) is 26.6 Å². The third-order valence-electron chi connectivity index (χ3n) is 2.22. The lowest BCUT2D eigenvalue weighted by molar-refractivity contribution is -0.115. The van der Waals surface area contributed by atoms with Crippen LogP contribution in [0.2, 0.25) is 0 Å². The van der Waals surface area contributed by atoms with Crippen LogP contribution in [-0.4, -0.2) is 18.1 Å². The van der Waals surface area contributed by atoms with Crippen LogP contribution >= 0.6 is 28.1 Å². The van der Waals surface area contributed by atoms with E-state index in [1.54, 1.807) is 13.2 Å². The van der Waals surface area contributed by atoms with Gasteiger partial charge >= 0.3 is 0 Å². The molecule has 0 saturated carbocycles. The summed E-state index contributed by atoms with van der Waals surface area (Å²) in [7, 11) is 1.59. The first-order valence-corrected chi connectivity index (χ1v) is 5.98. The second-order valence-corrected chi connectivity index (χ2v) is 4.62. The fourth-order valence-electron chi connectivity index (χ4n) is 1.40. The second-order valence-electron chi connectivity index (χ2n) is 3.35. The third-order valence-corrected chi connectivity index (χ3v) is 3.15. The molecule has 2 rings (SSSR count). The van der Waals surface area contributed by atoms with Crippen molar-refractivity contribution in [1.82, 2.24) is 10.6 Å². The Bertz CT molecular complexity index is 528. The van der Waals surface area contributed by atoms with Gasteiger partial charge in [-0.15, -0.1) is 0 Å². The molecule has 2 N–H and O–H groups in total. The van der Waals surface area contributed by atoms with Gasteiger partial charge in [0.2, 0.25) is 0 Å². The van der Waals surface area contributed by atoms with Gasteiger partial charge in [-0.25, -0.2) is 0 Å². The number of carbonyl (C=O) groups is 1. The standard InChI is InChI=1S/C11H9BrN2O2S/c1-16-7-2-3-8(12)6(4-7)5-9-10(15)14-11(17)13-9/h2-5H,1H3,(H2,13,14,15,17). The van der Waals surface area contributed by atoms with Crippen molar-refractivity contribution in [1.29, 1.82) is 0 Å². The number of hydrogen-bond acceptors (Lipinski definition) is 3. The van der Waals surface area contributed by atoms with Crippen molar-refractivity contribution in [2.45, 2.75) is 0 Å². The largest absolute Gasteiger partial charge is 0.497 e. The van der Waals surface area contributed by atoms with E-state index in [4.69, 9.17) is 17.0 Å². The molecule has 4 nitrogen and oxygen atoms in total. The van der Waals surface area contributed by atoms with E-state index in [0.29, 0.717) is 10.8 Å². The number of methoxy groups -OCH3 is 1. The SMILES string of the molecule is COc1ccc(Br)c(C=C2NC(=S)NC2=O)c1. The van der Waals surface area contributed by atoms with E-state index in [0.717, 1.165) is 15.8 Å². The Morgan fingerprint density at radius 2 is 2.18 bits per heavy atom. The van der Waals surface area contributed by atoms with E-state index in [1.165, 1.54) is 0 Å². The molecule has 1 aromatic rings. The Labute approximate surface area is 112 Å². The molecule has 1 aliphatic rings. The number of ether oxygens (including phenoxy) is 1. The average Bonchev–Trinajstić information content (AvgIpc) is 2.60. The Balaban J connectivity index is 2.38. The number of nitrogens with one attached hydrogen (secondary N) is 2. The van der Waals surface area contributed by atoms with E-state index >= 15 is 0 Å².